The number of anilines is 1. The van der Waals surface area contributed by atoms with E-state index in [2.05, 4.69) is 10.3 Å². The normalized spacial score (nSPS) is 11.6. The molecule has 8 heteroatoms. The highest BCUT2D eigenvalue weighted by atomic mass is 32.2. The molecule has 0 spiro atoms. The summed E-state index contributed by atoms with van der Waals surface area (Å²) in [5.41, 5.74) is 2.91. The van der Waals surface area contributed by atoms with Crippen LogP contribution in [-0.4, -0.2) is 25.1 Å². The number of hydrogen-bond acceptors (Lipinski definition) is 5. The molecule has 1 N–H and O–H groups in total. The van der Waals surface area contributed by atoms with E-state index in [0.29, 0.717) is 5.13 Å². The molecule has 0 saturated heterocycles. The summed E-state index contributed by atoms with van der Waals surface area (Å²) in [5.74, 6) is -1.95. The lowest BCUT2D eigenvalue weighted by Gasteiger charge is -2.04. The smallest absolute Gasteiger partial charge is 0.241 e. The second-order valence-electron chi connectivity index (χ2n) is 5.63. The van der Waals surface area contributed by atoms with Crippen LogP contribution >= 0.6 is 11.3 Å². The SMILES string of the molecule is Cc1ccc2sc(NC(=O)CS(=O)(=O)c3ccc(F)cc3)nc2c1C. The summed E-state index contributed by atoms with van der Waals surface area (Å²) in [6, 6.07) is 8.26. The average Bonchev–Trinajstić information content (AvgIpc) is 2.94. The Bertz CT molecular complexity index is 1060. The van der Waals surface area contributed by atoms with E-state index in [1.807, 2.05) is 26.0 Å². The Morgan fingerprint density at radius 2 is 1.84 bits per heavy atom. The monoisotopic (exact) mass is 378 g/mol. The molecular weight excluding hydrogens is 363 g/mol. The molecule has 0 bridgehead atoms. The molecule has 0 saturated carbocycles. The van der Waals surface area contributed by atoms with Crippen LogP contribution in [-0.2, 0) is 14.6 Å². The third-order valence-corrected chi connectivity index (χ3v) is 6.39. The maximum atomic E-state index is 12.9. The van der Waals surface area contributed by atoms with Crippen LogP contribution in [0.4, 0.5) is 9.52 Å². The lowest BCUT2D eigenvalue weighted by molar-refractivity contribution is -0.113. The summed E-state index contributed by atoms with van der Waals surface area (Å²) in [6.07, 6.45) is 0. The summed E-state index contributed by atoms with van der Waals surface area (Å²) in [4.78, 5) is 16.4. The van der Waals surface area contributed by atoms with Gasteiger partial charge < -0.3 is 5.32 Å². The highest BCUT2D eigenvalue weighted by Gasteiger charge is 2.20. The highest BCUT2D eigenvalue weighted by molar-refractivity contribution is 7.92. The quantitative estimate of drug-likeness (QED) is 0.706. The maximum absolute atomic E-state index is 12.9. The Morgan fingerprint density at radius 1 is 1.16 bits per heavy atom. The van der Waals surface area contributed by atoms with Gasteiger partial charge in [-0.2, -0.15) is 0 Å². The van der Waals surface area contributed by atoms with Crippen LogP contribution in [0.15, 0.2) is 41.3 Å². The first-order valence-corrected chi connectivity index (χ1v) is 9.88. The number of aryl methyl sites for hydroxylation is 2. The fourth-order valence-electron chi connectivity index (χ4n) is 2.33. The predicted octanol–water partition coefficient (Wildman–Crippen LogP) is 3.46. The van der Waals surface area contributed by atoms with E-state index in [1.54, 1.807) is 0 Å². The van der Waals surface area contributed by atoms with Crippen LogP contribution in [0, 0.1) is 19.7 Å². The number of rotatable bonds is 4. The van der Waals surface area contributed by atoms with E-state index < -0.39 is 27.3 Å². The minimum Gasteiger partial charge on any atom is -0.301 e. The summed E-state index contributed by atoms with van der Waals surface area (Å²) in [7, 11) is -3.84. The molecular formula is C17H15FN2O3S2. The second-order valence-corrected chi connectivity index (χ2v) is 8.65. The number of nitrogens with one attached hydrogen (secondary N) is 1. The van der Waals surface area contributed by atoms with Gasteiger partial charge >= 0.3 is 0 Å². The standard InChI is InChI=1S/C17H15FN2O3S2/c1-10-3-8-14-16(11(10)2)20-17(24-14)19-15(21)9-25(22,23)13-6-4-12(18)5-7-13/h3-8H,9H2,1-2H3,(H,19,20,21). The van der Waals surface area contributed by atoms with Crippen molar-refractivity contribution in [2.45, 2.75) is 18.7 Å². The number of hydrogen-bond donors (Lipinski definition) is 1. The minimum atomic E-state index is -3.84. The Morgan fingerprint density at radius 3 is 2.52 bits per heavy atom. The molecule has 3 aromatic rings. The molecule has 25 heavy (non-hydrogen) atoms. The molecule has 0 radical (unpaired) electrons. The number of thiazole rings is 1. The summed E-state index contributed by atoms with van der Waals surface area (Å²) >= 11 is 1.28. The third kappa shape index (κ3) is 3.69. The molecule has 1 amide bonds. The number of benzene rings is 2. The zero-order valence-corrected chi connectivity index (χ0v) is 15.2. The van der Waals surface area contributed by atoms with Gasteiger partial charge in [0.1, 0.15) is 11.6 Å². The first kappa shape index (κ1) is 17.5. The number of sulfone groups is 1. The number of halogens is 1. The van der Waals surface area contributed by atoms with Gasteiger partial charge in [-0.05, 0) is 55.3 Å². The summed E-state index contributed by atoms with van der Waals surface area (Å²) < 4.78 is 38.3. The summed E-state index contributed by atoms with van der Waals surface area (Å²) in [5, 5.41) is 2.88. The summed E-state index contributed by atoms with van der Waals surface area (Å²) in [6.45, 7) is 3.92. The van der Waals surface area contributed by atoms with Crippen molar-refractivity contribution in [3.05, 3.63) is 53.3 Å². The van der Waals surface area contributed by atoms with Crippen molar-refractivity contribution in [2.24, 2.45) is 0 Å². The van der Waals surface area contributed by atoms with E-state index >= 15 is 0 Å². The van der Waals surface area contributed by atoms with Crippen molar-refractivity contribution in [2.75, 3.05) is 11.1 Å². The molecule has 1 aromatic heterocycles. The molecule has 130 valence electrons. The number of aromatic nitrogens is 1. The van der Waals surface area contributed by atoms with Crippen LogP contribution in [0.2, 0.25) is 0 Å². The van der Waals surface area contributed by atoms with Gasteiger partial charge in [0.2, 0.25) is 5.91 Å². The topological polar surface area (TPSA) is 76.1 Å². The molecule has 0 aliphatic rings. The van der Waals surface area contributed by atoms with Crippen LogP contribution in [0.25, 0.3) is 10.2 Å². The molecule has 0 aliphatic heterocycles. The Balaban J connectivity index is 1.78. The molecule has 3 rings (SSSR count). The Hall–Kier alpha value is -2.32. The Labute approximate surface area is 148 Å². The van der Waals surface area contributed by atoms with Crippen molar-refractivity contribution in [1.82, 2.24) is 4.98 Å². The molecule has 0 fully saturated rings. The van der Waals surface area contributed by atoms with E-state index in [1.165, 1.54) is 11.3 Å². The van der Waals surface area contributed by atoms with Crippen molar-refractivity contribution in [3.8, 4) is 0 Å². The molecule has 5 nitrogen and oxygen atoms in total. The van der Waals surface area contributed by atoms with E-state index in [9.17, 15) is 17.6 Å². The zero-order valence-electron chi connectivity index (χ0n) is 13.5. The van der Waals surface area contributed by atoms with Gasteiger partial charge in [0.25, 0.3) is 0 Å². The van der Waals surface area contributed by atoms with Gasteiger partial charge in [-0.25, -0.2) is 17.8 Å². The van der Waals surface area contributed by atoms with Gasteiger partial charge in [-0.15, -0.1) is 0 Å². The van der Waals surface area contributed by atoms with Gasteiger partial charge in [-0.3, -0.25) is 4.79 Å². The predicted molar refractivity (Wildman–Crippen MR) is 96.2 cm³/mol. The van der Waals surface area contributed by atoms with Crippen molar-refractivity contribution in [1.29, 1.82) is 0 Å². The van der Waals surface area contributed by atoms with E-state index in [0.717, 1.165) is 45.6 Å². The fourth-order valence-corrected chi connectivity index (χ4v) is 4.41. The second kappa shape index (κ2) is 6.53. The van der Waals surface area contributed by atoms with E-state index in [-0.39, 0.29) is 4.90 Å². The lowest BCUT2D eigenvalue weighted by Crippen LogP contribution is -2.22. The average molecular weight is 378 g/mol. The third-order valence-electron chi connectivity index (χ3n) is 3.83. The highest BCUT2D eigenvalue weighted by Crippen LogP contribution is 2.29. The van der Waals surface area contributed by atoms with Gasteiger partial charge in [0.05, 0.1) is 15.1 Å². The molecule has 1 heterocycles. The lowest BCUT2D eigenvalue weighted by atomic mass is 10.1. The first-order chi connectivity index (χ1) is 11.8. The number of carbonyl (C=O) groups is 1. The van der Waals surface area contributed by atoms with Crippen LogP contribution in [0.3, 0.4) is 0 Å². The molecule has 0 atom stereocenters. The largest absolute Gasteiger partial charge is 0.301 e. The van der Waals surface area contributed by atoms with Crippen LogP contribution in [0.5, 0.6) is 0 Å². The first-order valence-electron chi connectivity index (χ1n) is 7.41. The van der Waals surface area contributed by atoms with Crippen molar-refractivity contribution in [3.63, 3.8) is 0 Å². The minimum absolute atomic E-state index is 0.0974. The van der Waals surface area contributed by atoms with Crippen LogP contribution in [0.1, 0.15) is 11.1 Å². The van der Waals surface area contributed by atoms with Gasteiger partial charge in [-0.1, -0.05) is 17.4 Å². The number of fused-ring (bicyclic) bond motifs is 1. The number of nitrogens with zero attached hydrogens (tertiary/aromatic N) is 1. The van der Waals surface area contributed by atoms with Crippen molar-refractivity contribution >= 4 is 42.4 Å². The molecule has 0 aliphatic carbocycles. The molecule has 0 unspecified atom stereocenters. The van der Waals surface area contributed by atoms with E-state index in [4.69, 9.17) is 0 Å². The van der Waals surface area contributed by atoms with Gasteiger partial charge in [0.15, 0.2) is 15.0 Å². The maximum Gasteiger partial charge on any atom is 0.241 e. The number of amides is 1. The molecule has 2 aromatic carbocycles. The Kier molecular flexibility index (Phi) is 4.57. The van der Waals surface area contributed by atoms with Crippen molar-refractivity contribution < 1.29 is 17.6 Å². The van der Waals surface area contributed by atoms with Crippen LogP contribution < -0.4 is 5.32 Å². The van der Waals surface area contributed by atoms with Gasteiger partial charge in [0, 0.05) is 0 Å². The zero-order chi connectivity index (χ0) is 18.2. The number of carbonyl (C=O) groups excluding carboxylic acids is 1. The fraction of sp³-hybridized carbons (Fsp3) is 0.176.